The van der Waals surface area contributed by atoms with E-state index in [0.717, 1.165) is 11.1 Å². The zero-order valence-electron chi connectivity index (χ0n) is 9.57. The summed E-state index contributed by atoms with van der Waals surface area (Å²) in [5.74, 6) is -0.181. The highest BCUT2D eigenvalue weighted by Gasteiger charge is 2.11. The zero-order valence-corrected chi connectivity index (χ0v) is 9.57. The molecule has 16 heavy (non-hydrogen) atoms. The van der Waals surface area contributed by atoms with Crippen LogP contribution in [-0.2, 0) is 4.79 Å². The number of nitrogens with one attached hydrogen (secondary N) is 1. The maximum absolute atomic E-state index is 11.4. The number of benzene rings is 1. The van der Waals surface area contributed by atoms with Gasteiger partial charge in [-0.05, 0) is 24.6 Å². The predicted octanol–water partition coefficient (Wildman–Crippen LogP) is 2.73. The molecule has 2 rings (SSSR count). The minimum absolute atomic E-state index is 0.0863. The molecule has 1 amide bonds. The summed E-state index contributed by atoms with van der Waals surface area (Å²) in [6.45, 7) is 5.63. The minimum Gasteiger partial charge on any atom is -0.423 e. The number of rotatable bonds is 2. The third kappa shape index (κ3) is 2.05. The number of aryl methyl sites for hydroxylation is 1. The van der Waals surface area contributed by atoms with Crippen LogP contribution in [0.15, 0.2) is 22.6 Å². The number of carbonyl (C=O) groups excluding carboxylic acids is 1. The molecule has 84 valence electrons. The van der Waals surface area contributed by atoms with Crippen molar-refractivity contribution in [2.75, 3.05) is 5.32 Å². The molecule has 1 aromatic heterocycles. The van der Waals surface area contributed by atoms with Crippen LogP contribution in [0.4, 0.5) is 6.01 Å². The van der Waals surface area contributed by atoms with Gasteiger partial charge in [0.05, 0.1) is 0 Å². The Bertz CT molecular complexity index is 529. The Labute approximate surface area is 93.7 Å². The fourth-order valence-electron chi connectivity index (χ4n) is 1.34. The van der Waals surface area contributed by atoms with E-state index < -0.39 is 0 Å². The van der Waals surface area contributed by atoms with Crippen molar-refractivity contribution in [2.45, 2.75) is 20.8 Å². The highest BCUT2D eigenvalue weighted by molar-refractivity contribution is 5.91. The highest BCUT2D eigenvalue weighted by Crippen LogP contribution is 2.20. The van der Waals surface area contributed by atoms with Gasteiger partial charge in [-0.25, -0.2) is 0 Å². The lowest BCUT2D eigenvalue weighted by atomic mass is 10.2. The van der Waals surface area contributed by atoms with Crippen LogP contribution in [0.3, 0.4) is 0 Å². The second-order valence-electron chi connectivity index (χ2n) is 4.13. The summed E-state index contributed by atoms with van der Waals surface area (Å²) in [5.41, 5.74) is 2.56. The van der Waals surface area contributed by atoms with Gasteiger partial charge in [0.2, 0.25) is 5.91 Å². The minimum atomic E-state index is -0.0942. The Hall–Kier alpha value is -1.84. The Morgan fingerprint density at radius 1 is 1.44 bits per heavy atom. The van der Waals surface area contributed by atoms with E-state index in [-0.39, 0.29) is 17.8 Å². The van der Waals surface area contributed by atoms with Crippen molar-refractivity contribution in [1.82, 2.24) is 4.98 Å². The first-order valence-electron chi connectivity index (χ1n) is 5.24. The molecule has 0 aliphatic heterocycles. The lowest BCUT2D eigenvalue weighted by molar-refractivity contribution is -0.119. The van der Waals surface area contributed by atoms with E-state index in [9.17, 15) is 4.79 Å². The quantitative estimate of drug-likeness (QED) is 0.843. The molecule has 0 spiro atoms. The molecule has 1 N–H and O–H groups in total. The van der Waals surface area contributed by atoms with Crippen LogP contribution in [0, 0.1) is 12.8 Å². The summed E-state index contributed by atoms with van der Waals surface area (Å²) in [5, 5.41) is 2.63. The monoisotopic (exact) mass is 218 g/mol. The normalized spacial score (nSPS) is 11.0. The van der Waals surface area contributed by atoms with Crippen LogP contribution in [0.1, 0.15) is 19.4 Å². The van der Waals surface area contributed by atoms with E-state index >= 15 is 0 Å². The Balaban J connectivity index is 2.29. The summed E-state index contributed by atoms with van der Waals surface area (Å²) in [7, 11) is 0. The SMILES string of the molecule is Cc1ccc2oc(NC(=O)C(C)C)nc2c1. The number of aromatic nitrogens is 1. The zero-order chi connectivity index (χ0) is 11.7. The van der Waals surface area contributed by atoms with Crippen molar-refractivity contribution < 1.29 is 9.21 Å². The van der Waals surface area contributed by atoms with Gasteiger partial charge in [-0.3, -0.25) is 10.1 Å². The number of nitrogens with zero attached hydrogens (tertiary/aromatic N) is 1. The summed E-state index contributed by atoms with van der Waals surface area (Å²) >= 11 is 0. The van der Waals surface area contributed by atoms with Gasteiger partial charge in [-0.2, -0.15) is 4.98 Å². The van der Waals surface area contributed by atoms with Crippen LogP contribution in [0.5, 0.6) is 0 Å². The van der Waals surface area contributed by atoms with E-state index in [4.69, 9.17) is 4.42 Å². The molecule has 0 radical (unpaired) electrons. The average molecular weight is 218 g/mol. The van der Waals surface area contributed by atoms with Gasteiger partial charge in [0.1, 0.15) is 5.52 Å². The molecule has 4 nitrogen and oxygen atoms in total. The van der Waals surface area contributed by atoms with Crippen molar-refractivity contribution in [3.8, 4) is 0 Å². The number of oxazole rings is 1. The maximum Gasteiger partial charge on any atom is 0.302 e. The van der Waals surface area contributed by atoms with Gasteiger partial charge in [-0.1, -0.05) is 19.9 Å². The lowest BCUT2D eigenvalue weighted by Gasteiger charge is -2.01. The number of fused-ring (bicyclic) bond motifs is 1. The maximum atomic E-state index is 11.4. The van der Waals surface area contributed by atoms with E-state index in [1.807, 2.05) is 39.0 Å². The van der Waals surface area contributed by atoms with E-state index in [0.29, 0.717) is 5.58 Å². The number of amides is 1. The third-order valence-electron chi connectivity index (χ3n) is 2.30. The van der Waals surface area contributed by atoms with Gasteiger partial charge in [0, 0.05) is 5.92 Å². The summed E-state index contributed by atoms with van der Waals surface area (Å²) in [4.78, 5) is 15.6. The molecule has 0 aliphatic rings. The van der Waals surface area contributed by atoms with Crippen molar-refractivity contribution >= 4 is 23.0 Å². The van der Waals surface area contributed by atoms with Crippen molar-refractivity contribution in [2.24, 2.45) is 5.92 Å². The van der Waals surface area contributed by atoms with Gasteiger partial charge in [0.25, 0.3) is 0 Å². The fraction of sp³-hybridized carbons (Fsp3) is 0.333. The highest BCUT2D eigenvalue weighted by atomic mass is 16.4. The molecular weight excluding hydrogens is 204 g/mol. The number of hydrogen-bond acceptors (Lipinski definition) is 3. The molecule has 0 aliphatic carbocycles. The van der Waals surface area contributed by atoms with Crippen molar-refractivity contribution in [1.29, 1.82) is 0 Å². The molecule has 4 heteroatoms. The average Bonchev–Trinajstić information content (AvgIpc) is 2.58. The lowest BCUT2D eigenvalue weighted by Crippen LogP contribution is -2.17. The first-order valence-corrected chi connectivity index (χ1v) is 5.24. The van der Waals surface area contributed by atoms with Gasteiger partial charge < -0.3 is 4.42 Å². The molecule has 1 heterocycles. The van der Waals surface area contributed by atoms with Crippen LogP contribution in [0.2, 0.25) is 0 Å². The Morgan fingerprint density at radius 2 is 2.19 bits per heavy atom. The van der Waals surface area contributed by atoms with Crippen LogP contribution < -0.4 is 5.32 Å². The summed E-state index contributed by atoms with van der Waals surface area (Å²) in [6, 6.07) is 5.98. The number of hydrogen-bond donors (Lipinski definition) is 1. The molecule has 2 aromatic rings. The topological polar surface area (TPSA) is 55.1 Å². The van der Waals surface area contributed by atoms with Gasteiger partial charge >= 0.3 is 6.01 Å². The first-order chi connectivity index (χ1) is 7.56. The molecule has 0 fully saturated rings. The number of carbonyl (C=O) groups is 1. The first kappa shape index (κ1) is 10.7. The van der Waals surface area contributed by atoms with Crippen LogP contribution in [0.25, 0.3) is 11.1 Å². The molecule has 0 bridgehead atoms. The predicted molar refractivity (Wildman–Crippen MR) is 62.2 cm³/mol. The molecule has 1 aromatic carbocycles. The second-order valence-corrected chi connectivity index (χ2v) is 4.13. The van der Waals surface area contributed by atoms with Crippen molar-refractivity contribution in [3.05, 3.63) is 23.8 Å². The molecule has 0 unspecified atom stereocenters. The molecular formula is C12H14N2O2. The Kier molecular flexibility index (Phi) is 2.64. The third-order valence-corrected chi connectivity index (χ3v) is 2.30. The van der Waals surface area contributed by atoms with E-state index in [1.165, 1.54) is 0 Å². The van der Waals surface area contributed by atoms with Crippen molar-refractivity contribution in [3.63, 3.8) is 0 Å². The van der Waals surface area contributed by atoms with Crippen LogP contribution in [-0.4, -0.2) is 10.9 Å². The molecule has 0 saturated carbocycles. The second kappa shape index (κ2) is 3.96. The largest absolute Gasteiger partial charge is 0.423 e. The van der Waals surface area contributed by atoms with E-state index in [2.05, 4.69) is 10.3 Å². The van der Waals surface area contributed by atoms with Crippen LogP contribution >= 0.6 is 0 Å². The summed E-state index contributed by atoms with van der Waals surface area (Å²) < 4.78 is 5.40. The van der Waals surface area contributed by atoms with Gasteiger partial charge in [0.15, 0.2) is 5.58 Å². The van der Waals surface area contributed by atoms with Gasteiger partial charge in [-0.15, -0.1) is 0 Å². The standard InChI is InChI=1S/C12H14N2O2/c1-7(2)11(15)14-12-13-9-6-8(3)4-5-10(9)16-12/h4-7H,1-3H3,(H,13,14,15). The number of anilines is 1. The van der Waals surface area contributed by atoms with E-state index in [1.54, 1.807) is 0 Å². The molecule has 0 atom stereocenters. The Morgan fingerprint density at radius 3 is 2.88 bits per heavy atom. The smallest absolute Gasteiger partial charge is 0.302 e. The molecule has 0 saturated heterocycles. The fourth-order valence-corrected chi connectivity index (χ4v) is 1.34. The summed E-state index contributed by atoms with van der Waals surface area (Å²) in [6.07, 6.45) is 0.